The third-order valence-electron chi connectivity index (χ3n) is 6.16. The Hall–Kier alpha value is -3.63. The molecule has 1 saturated heterocycles. The molecule has 1 heterocycles. The lowest BCUT2D eigenvalue weighted by Gasteiger charge is -2.24. The number of carbonyl (C=O) groups excluding carboxylic acids is 2. The number of nitrogens with one attached hydrogen (secondary N) is 3. The van der Waals surface area contributed by atoms with Crippen LogP contribution in [-0.2, 0) is 14.8 Å². The van der Waals surface area contributed by atoms with Gasteiger partial charge >= 0.3 is 6.03 Å². The first-order valence-electron chi connectivity index (χ1n) is 12.0. The number of hydrogen-bond acceptors (Lipinski definition) is 4. The highest BCUT2D eigenvalue weighted by Crippen LogP contribution is 2.37. The van der Waals surface area contributed by atoms with Crippen molar-refractivity contribution in [3.63, 3.8) is 0 Å². The monoisotopic (exact) mass is 558 g/mol. The van der Waals surface area contributed by atoms with Gasteiger partial charge in [0.05, 0.1) is 17.6 Å². The smallest absolute Gasteiger partial charge is 0.319 e. The molecule has 0 unspecified atom stereocenters. The highest BCUT2D eigenvalue weighted by Gasteiger charge is 2.35. The molecule has 0 aliphatic carbocycles. The van der Waals surface area contributed by atoms with Crippen molar-refractivity contribution in [2.45, 2.75) is 32.2 Å². The van der Waals surface area contributed by atoms with Crippen LogP contribution in [0.1, 0.15) is 31.7 Å². The van der Waals surface area contributed by atoms with Crippen molar-refractivity contribution in [2.24, 2.45) is 0 Å². The molecule has 1 fully saturated rings. The van der Waals surface area contributed by atoms with Gasteiger partial charge in [0.2, 0.25) is 15.9 Å². The molecule has 38 heavy (non-hydrogen) atoms. The van der Waals surface area contributed by atoms with Crippen LogP contribution in [0.3, 0.4) is 0 Å². The molecule has 200 valence electrons. The maximum atomic E-state index is 14.0. The molecule has 1 aliphatic rings. The summed E-state index contributed by atoms with van der Waals surface area (Å²) in [6, 6.07) is 15.2. The average molecular weight is 559 g/mol. The molecule has 0 radical (unpaired) electrons. The number of sulfonamides is 1. The molecule has 3 N–H and O–H groups in total. The molecular weight excluding hydrogens is 531 g/mol. The Bertz CT molecular complexity index is 1500. The Morgan fingerprint density at radius 3 is 2.50 bits per heavy atom. The van der Waals surface area contributed by atoms with Gasteiger partial charge in [-0.1, -0.05) is 49.7 Å². The van der Waals surface area contributed by atoms with E-state index in [-0.39, 0.29) is 22.5 Å². The van der Waals surface area contributed by atoms with Gasteiger partial charge in [0.15, 0.2) is 0 Å². The molecule has 0 saturated carbocycles. The van der Waals surface area contributed by atoms with Gasteiger partial charge in [-0.3, -0.25) is 9.52 Å². The van der Waals surface area contributed by atoms with Crippen molar-refractivity contribution in [3.05, 3.63) is 77.1 Å². The lowest BCUT2D eigenvalue weighted by molar-refractivity contribution is -0.118. The van der Waals surface area contributed by atoms with Crippen molar-refractivity contribution in [1.82, 2.24) is 5.32 Å². The van der Waals surface area contributed by atoms with E-state index < -0.39 is 27.9 Å². The maximum absolute atomic E-state index is 14.0. The second kappa shape index (κ2) is 11.0. The second-order valence-corrected chi connectivity index (χ2v) is 11.6. The predicted molar refractivity (Wildman–Crippen MR) is 149 cm³/mol. The van der Waals surface area contributed by atoms with Crippen molar-refractivity contribution in [1.29, 1.82) is 0 Å². The minimum Gasteiger partial charge on any atom is -0.326 e. The van der Waals surface area contributed by atoms with E-state index in [1.165, 1.54) is 12.1 Å². The van der Waals surface area contributed by atoms with Crippen LogP contribution in [0.4, 0.5) is 26.2 Å². The lowest BCUT2D eigenvalue weighted by atomic mass is 9.94. The standard InChI is InChI=1S/C27H28ClFN4O4S/c1-16(2)20-14-17(19-6-4-5-7-22(19)32-38(3,36)37)8-11-25(20)33-13-12-24(26(33)34)31-27(35)30-23-10-9-18(28)15-21(23)29/h4-11,14-16,24,32H,12-13H2,1-3H3,(H2,30,31,35)/t24-/m1/s1. The van der Waals surface area contributed by atoms with Crippen LogP contribution in [0.2, 0.25) is 5.02 Å². The first-order chi connectivity index (χ1) is 17.9. The van der Waals surface area contributed by atoms with Crippen LogP contribution in [0, 0.1) is 5.82 Å². The maximum Gasteiger partial charge on any atom is 0.319 e. The van der Waals surface area contributed by atoms with Gasteiger partial charge in [0, 0.05) is 22.8 Å². The summed E-state index contributed by atoms with van der Waals surface area (Å²) >= 11 is 5.75. The number of hydrogen-bond donors (Lipinski definition) is 3. The molecule has 1 atom stereocenters. The van der Waals surface area contributed by atoms with Crippen molar-refractivity contribution >= 4 is 50.6 Å². The van der Waals surface area contributed by atoms with E-state index >= 15 is 0 Å². The largest absolute Gasteiger partial charge is 0.326 e. The molecule has 8 nitrogen and oxygen atoms in total. The lowest BCUT2D eigenvalue weighted by Crippen LogP contribution is -2.43. The topological polar surface area (TPSA) is 108 Å². The normalized spacial score (nSPS) is 15.6. The summed E-state index contributed by atoms with van der Waals surface area (Å²) in [7, 11) is -3.47. The first kappa shape index (κ1) is 27.4. The molecular formula is C27H28ClFN4O4S. The van der Waals surface area contributed by atoms with E-state index in [1.54, 1.807) is 17.0 Å². The zero-order valence-corrected chi connectivity index (χ0v) is 22.7. The van der Waals surface area contributed by atoms with E-state index in [4.69, 9.17) is 11.6 Å². The van der Waals surface area contributed by atoms with Crippen LogP contribution in [0.5, 0.6) is 0 Å². The number of para-hydroxylation sites is 1. The Kier molecular flexibility index (Phi) is 7.94. The second-order valence-electron chi connectivity index (χ2n) is 9.40. The molecule has 3 amide bonds. The van der Waals surface area contributed by atoms with Gasteiger partial charge in [-0.05, 0) is 59.9 Å². The van der Waals surface area contributed by atoms with Gasteiger partial charge in [-0.15, -0.1) is 0 Å². The summed E-state index contributed by atoms with van der Waals surface area (Å²) in [6.07, 6.45) is 1.48. The van der Waals surface area contributed by atoms with Gasteiger partial charge in [0.1, 0.15) is 11.9 Å². The van der Waals surface area contributed by atoms with Gasteiger partial charge in [-0.2, -0.15) is 0 Å². The SMILES string of the molecule is CC(C)c1cc(-c2ccccc2NS(C)(=O)=O)ccc1N1CC[C@@H](NC(=O)Nc2ccc(Cl)cc2F)C1=O. The third kappa shape index (κ3) is 6.25. The zero-order valence-electron chi connectivity index (χ0n) is 21.1. The summed E-state index contributed by atoms with van der Waals surface area (Å²) in [6.45, 7) is 4.41. The molecule has 3 aromatic carbocycles. The first-order valence-corrected chi connectivity index (χ1v) is 14.2. The number of carbonyl (C=O) groups is 2. The fraction of sp³-hybridized carbons (Fsp3) is 0.259. The van der Waals surface area contributed by atoms with E-state index in [2.05, 4.69) is 15.4 Å². The number of rotatable bonds is 7. The quantitative estimate of drug-likeness (QED) is 0.352. The van der Waals surface area contributed by atoms with Crippen LogP contribution in [-0.4, -0.2) is 39.2 Å². The number of anilines is 3. The summed E-state index contributed by atoms with van der Waals surface area (Å²) in [5.41, 5.74) is 3.55. The number of nitrogens with zero attached hydrogens (tertiary/aromatic N) is 1. The molecule has 0 spiro atoms. The third-order valence-corrected chi connectivity index (χ3v) is 6.99. The van der Waals surface area contributed by atoms with E-state index in [1.807, 2.05) is 44.2 Å². The number of halogens is 2. The number of urea groups is 1. The molecule has 3 aromatic rings. The molecule has 0 aromatic heterocycles. The van der Waals surface area contributed by atoms with Crippen molar-refractivity contribution < 1.29 is 22.4 Å². The molecule has 1 aliphatic heterocycles. The zero-order chi connectivity index (χ0) is 27.6. The summed E-state index contributed by atoms with van der Waals surface area (Å²) in [4.78, 5) is 27.4. The fourth-order valence-corrected chi connectivity index (χ4v) is 5.15. The summed E-state index contributed by atoms with van der Waals surface area (Å²) in [5.74, 6) is -0.900. The average Bonchev–Trinajstić information content (AvgIpc) is 3.19. The highest BCUT2D eigenvalue weighted by atomic mass is 35.5. The van der Waals surface area contributed by atoms with Gasteiger partial charge < -0.3 is 15.5 Å². The minimum atomic E-state index is -3.47. The van der Waals surface area contributed by atoms with Gasteiger partial charge in [0.25, 0.3) is 0 Å². The van der Waals surface area contributed by atoms with Crippen LogP contribution in [0.25, 0.3) is 11.1 Å². The van der Waals surface area contributed by atoms with E-state index in [0.717, 1.165) is 29.1 Å². The van der Waals surface area contributed by atoms with E-state index in [0.29, 0.717) is 24.2 Å². The minimum absolute atomic E-state index is 0.0440. The van der Waals surface area contributed by atoms with Crippen molar-refractivity contribution in [2.75, 3.05) is 27.7 Å². The summed E-state index contributed by atoms with van der Waals surface area (Å²) in [5, 5.41) is 5.25. The molecule has 0 bridgehead atoms. The Morgan fingerprint density at radius 2 is 1.82 bits per heavy atom. The Labute approximate surface area is 226 Å². The molecule has 11 heteroatoms. The molecule has 4 rings (SSSR count). The van der Waals surface area contributed by atoms with E-state index in [9.17, 15) is 22.4 Å². The Balaban J connectivity index is 1.55. The van der Waals surface area contributed by atoms with Crippen LogP contribution >= 0.6 is 11.6 Å². The highest BCUT2D eigenvalue weighted by molar-refractivity contribution is 7.92. The summed E-state index contributed by atoms with van der Waals surface area (Å²) < 4.78 is 40.3. The Morgan fingerprint density at radius 1 is 1.08 bits per heavy atom. The number of benzene rings is 3. The predicted octanol–water partition coefficient (Wildman–Crippen LogP) is 5.57. The van der Waals surface area contributed by atoms with Crippen LogP contribution < -0.4 is 20.3 Å². The van der Waals surface area contributed by atoms with Gasteiger partial charge in [-0.25, -0.2) is 17.6 Å². The van der Waals surface area contributed by atoms with Crippen molar-refractivity contribution in [3.8, 4) is 11.1 Å². The van der Waals surface area contributed by atoms with Crippen LogP contribution in [0.15, 0.2) is 60.7 Å². The number of amides is 3. The fourth-order valence-electron chi connectivity index (χ4n) is 4.41.